The predicted molar refractivity (Wildman–Crippen MR) is 84.6 cm³/mol. The van der Waals surface area contributed by atoms with Gasteiger partial charge in [0.25, 0.3) is 0 Å². The van der Waals surface area contributed by atoms with Gasteiger partial charge in [0.2, 0.25) is 0 Å². The van der Waals surface area contributed by atoms with E-state index in [1.165, 1.54) is 4.70 Å². The van der Waals surface area contributed by atoms with Crippen LogP contribution in [0.1, 0.15) is 18.7 Å². The van der Waals surface area contributed by atoms with Gasteiger partial charge in [-0.05, 0) is 12.6 Å². The molecule has 0 amide bonds. The number of carboxylic acid groups (broad SMARTS) is 1. The lowest BCUT2D eigenvalue weighted by atomic mass is 10.1. The molecule has 1 aromatic carbocycles. The van der Waals surface area contributed by atoms with Crippen LogP contribution >= 0.6 is 22.9 Å². The summed E-state index contributed by atoms with van der Waals surface area (Å²) in [5.74, 6) is -1.13. The van der Waals surface area contributed by atoms with Crippen LogP contribution in [0.2, 0.25) is 5.02 Å². The molecule has 0 bridgehead atoms. The van der Waals surface area contributed by atoms with Gasteiger partial charge in [-0.1, -0.05) is 43.6 Å². The zero-order chi connectivity index (χ0) is 14.7. The SMILES string of the molecule is CCN(Cc1sc2ccccc2c1Cl)CC(C)C(=O)O. The van der Waals surface area contributed by atoms with Crippen molar-refractivity contribution in [2.45, 2.75) is 20.4 Å². The van der Waals surface area contributed by atoms with Gasteiger partial charge in [0.05, 0.1) is 10.9 Å². The first-order chi connectivity index (χ1) is 9.52. The van der Waals surface area contributed by atoms with Crippen molar-refractivity contribution >= 4 is 39.0 Å². The third kappa shape index (κ3) is 3.32. The number of aliphatic carboxylic acids is 1. The average molecular weight is 312 g/mol. The molecule has 0 saturated heterocycles. The molecule has 0 aliphatic rings. The lowest BCUT2D eigenvalue weighted by molar-refractivity contribution is -0.141. The maximum Gasteiger partial charge on any atom is 0.307 e. The highest BCUT2D eigenvalue weighted by molar-refractivity contribution is 7.19. The van der Waals surface area contributed by atoms with E-state index in [1.807, 2.05) is 25.1 Å². The molecule has 108 valence electrons. The molecule has 0 radical (unpaired) electrons. The van der Waals surface area contributed by atoms with E-state index in [9.17, 15) is 4.79 Å². The Kier molecular flexibility index (Phi) is 5.02. The van der Waals surface area contributed by atoms with Crippen LogP contribution in [0.15, 0.2) is 24.3 Å². The molecule has 3 nitrogen and oxygen atoms in total. The van der Waals surface area contributed by atoms with Crippen molar-refractivity contribution in [1.29, 1.82) is 0 Å². The normalized spacial score (nSPS) is 13.0. The first-order valence-electron chi connectivity index (χ1n) is 6.64. The van der Waals surface area contributed by atoms with E-state index >= 15 is 0 Å². The van der Waals surface area contributed by atoms with Gasteiger partial charge in [0.15, 0.2) is 0 Å². The Hall–Kier alpha value is -1.10. The molecule has 0 saturated carbocycles. The number of halogens is 1. The lowest BCUT2D eigenvalue weighted by Crippen LogP contribution is -2.31. The number of carbonyl (C=O) groups is 1. The summed E-state index contributed by atoms with van der Waals surface area (Å²) in [4.78, 5) is 14.2. The van der Waals surface area contributed by atoms with Crippen LogP contribution < -0.4 is 0 Å². The summed E-state index contributed by atoms with van der Waals surface area (Å²) in [6, 6.07) is 8.07. The second-order valence-electron chi connectivity index (χ2n) is 4.90. The van der Waals surface area contributed by atoms with E-state index < -0.39 is 5.97 Å². The first-order valence-corrected chi connectivity index (χ1v) is 7.83. The van der Waals surface area contributed by atoms with Gasteiger partial charge in [-0.15, -0.1) is 11.3 Å². The summed E-state index contributed by atoms with van der Waals surface area (Å²) in [6.45, 7) is 5.82. The first kappa shape index (κ1) is 15.3. The van der Waals surface area contributed by atoms with Crippen LogP contribution in [0.25, 0.3) is 10.1 Å². The summed E-state index contributed by atoms with van der Waals surface area (Å²) in [7, 11) is 0. The van der Waals surface area contributed by atoms with Gasteiger partial charge < -0.3 is 5.11 Å². The van der Waals surface area contributed by atoms with Gasteiger partial charge in [-0.2, -0.15) is 0 Å². The zero-order valence-corrected chi connectivity index (χ0v) is 13.2. The molecule has 1 aromatic heterocycles. The van der Waals surface area contributed by atoms with E-state index in [4.69, 9.17) is 16.7 Å². The summed E-state index contributed by atoms with van der Waals surface area (Å²) in [5, 5.41) is 10.9. The summed E-state index contributed by atoms with van der Waals surface area (Å²) in [5.41, 5.74) is 0. The fourth-order valence-electron chi connectivity index (χ4n) is 2.14. The minimum atomic E-state index is -0.758. The molecule has 1 atom stereocenters. The number of benzene rings is 1. The van der Waals surface area contributed by atoms with Gasteiger partial charge in [-0.25, -0.2) is 0 Å². The molecule has 1 N–H and O–H groups in total. The Balaban J connectivity index is 2.17. The predicted octanol–water partition coefficient (Wildman–Crippen LogP) is 4.10. The average Bonchev–Trinajstić information content (AvgIpc) is 2.75. The number of hydrogen-bond donors (Lipinski definition) is 1. The Bertz CT molecular complexity index is 611. The molecule has 0 fully saturated rings. The molecule has 2 aromatic rings. The second-order valence-corrected chi connectivity index (χ2v) is 6.42. The van der Waals surface area contributed by atoms with Crippen molar-refractivity contribution in [1.82, 2.24) is 4.90 Å². The van der Waals surface area contributed by atoms with Crippen molar-refractivity contribution in [3.05, 3.63) is 34.2 Å². The number of rotatable bonds is 6. The van der Waals surface area contributed by atoms with E-state index in [1.54, 1.807) is 18.3 Å². The topological polar surface area (TPSA) is 40.5 Å². The van der Waals surface area contributed by atoms with E-state index in [-0.39, 0.29) is 5.92 Å². The lowest BCUT2D eigenvalue weighted by Gasteiger charge is -2.21. The molecular formula is C15H18ClNO2S. The molecule has 5 heteroatoms. The monoisotopic (exact) mass is 311 g/mol. The molecule has 0 spiro atoms. The maximum absolute atomic E-state index is 11.0. The van der Waals surface area contributed by atoms with Crippen LogP contribution in [0.5, 0.6) is 0 Å². The molecule has 1 unspecified atom stereocenters. The third-order valence-corrected chi connectivity index (χ3v) is 5.07. The largest absolute Gasteiger partial charge is 0.481 e. The third-order valence-electron chi connectivity index (χ3n) is 3.37. The molecule has 0 aliphatic carbocycles. The highest BCUT2D eigenvalue weighted by atomic mass is 35.5. The highest BCUT2D eigenvalue weighted by Crippen LogP contribution is 2.35. The number of fused-ring (bicyclic) bond motifs is 1. The smallest absolute Gasteiger partial charge is 0.307 e. The minimum Gasteiger partial charge on any atom is -0.481 e. The van der Waals surface area contributed by atoms with Crippen molar-refractivity contribution in [2.75, 3.05) is 13.1 Å². The standard InChI is InChI=1S/C15H18ClNO2S/c1-3-17(8-10(2)15(18)19)9-13-14(16)11-6-4-5-7-12(11)20-13/h4-7,10H,3,8-9H2,1-2H3,(H,18,19). The van der Waals surface area contributed by atoms with Crippen LogP contribution in [-0.2, 0) is 11.3 Å². The minimum absolute atomic E-state index is 0.372. The van der Waals surface area contributed by atoms with Crippen LogP contribution in [0, 0.1) is 5.92 Å². The number of nitrogens with zero attached hydrogens (tertiary/aromatic N) is 1. The Morgan fingerprint density at radius 1 is 1.45 bits per heavy atom. The fourth-order valence-corrected chi connectivity index (χ4v) is 3.68. The van der Waals surface area contributed by atoms with E-state index in [2.05, 4.69) is 11.0 Å². The molecule has 2 rings (SSSR count). The van der Waals surface area contributed by atoms with E-state index in [0.29, 0.717) is 13.1 Å². The number of hydrogen-bond acceptors (Lipinski definition) is 3. The quantitative estimate of drug-likeness (QED) is 0.873. The molecule has 20 heavy (non-hydrogen) atoms. The Morgan fingerprint density at radius 3 is 2.75 bits per heavy atom. The van der Waals surface area contributed by atoms with Crippen LogP contribution in [0.4, 0.5) is 0 Å². The van der Waals surface area contributed by atoms with Crippen molar-refractivity contribution in [3.8, 4) is 0 Å². The Morgan fingerprint density at radius 2 is 2.15 bits per heavy atom. The fraction of sp³-hybridized carbons (Fsp3) is 0.400. The van der Waals surface area contributed by atoms with E-state index in [0.717, 1.165) is 21.8 Å². The van der Waals surface area contributed by atoms with Gasteiger partial charge >= 0.3 is 5.97 Å². The molecular weight excluding hydrogens is 294 g/mol. The summed E-state index contributed by atoms with van der Waals surface area (Å²) in [6.07, 6.45) is 0. The van der Waals surface area contributed by atoms with Crippen LogP contribution in [-0.4, -0.2) is 29.1 Å². The number of carboxylic acids is 1. The van der Waals surface area contributed by atoms with Crippen molar-refractivity contribution in [2.24, 2.45) is 5.92 Å². The van der Waals surface area contributed by atoms with Crippen molar-refractivity contribution in [3.63, 3.8) is 0 Å². The zero-order valence-electron chi connectivity index (χ0n) is 11.6. The van der Waals surface area contributed by atoms with Crippen LogP contribution in [0.3, 0.4) is 0 Å². The Labute approximate surface area is 127 Å². The summed E-state index contributed by atoms with van der Waals surface area (Å²) >= 11 is 8.11. The highest BCUT2D eigenvalue weighted by Gasteiger charge is 2.18. The molecule has 0 aliphatic heterocycles. The second kappa shape index (κ2) is 6.57. The summed E-state index contributed by atoms with van der Waals surface area (Å²) < 4.78 is 1.18. The number of thiophene rings is 1. The molecule has 1 heterocycles. The van der Waals surface area contributed by atoms with Gasteiger partial charge in [0, 0.05) is 28.1 Å². The maximum atomic E-state index is 11.0. The van der Waals surface area contributed by atoms with Crippen molar-refractivity contribution < 1.29 is 9.90 Å². The van der Waals surface area contributed by atoms with Gasteiger partial charge in [-0.3, -0.25) is 9.69 Å². The van der Waals surface area contributed by atoms with Gasteiger partial charge in [0.1, 0.15) is 0 Å².